The first-order chi connectivity index (χ1) is 8.74. The quantitative estimate of drug-likeness (QED) is 0.714. The van der Waals surface area contributed by atoms with Gasteiger partial charge < -0.3 is 14.2 Å². The second kappa shape index (κ2) is 8.06. The van der Waals surface area contributed by atoms with Crippen molar-refractivity contribution < 1.29 is 14.2 Å². The first-order valence-electron chi connectivity index (χ1n) is 6.41. The standard InChI is InChI=1S/C14H23NO3/c1-5-17-10-13-12(7-8-16-4)9-15-11(3)14(13)18-6-2/h9H,5-8,10H2,1-4H3. The average molecular weight is 253 g/mol. The highest BCUT2D eigenvalue weighted by Crippen LogP contribution is 2.26. The molecule has 0 aliphatic rings. The number of methoxy groups -OCH3 is 1. The van der Waals surface area contributed by atoms with Crippen molar-refractivity contribution in [2.75, 3.05) is 26.9 Å². The van der Waals surface area contributed by atoms with Gasteiger partial charge >= 0.3 is 0 Å². The molecule has 1 heterocycles. The van der Waals surface area contributed by atoms with Crippen LogP contribution in [0.4, 0.5) is 0 Å². The largest absolute Gasteiger partial charge is 0.492 e. The van der Waals surface area contributed by atoms with Crippen molar-refractivity contribution in [3.8, 4) is 5.75 Å². The monoisotopic (exact) mass is 253 g/mol. The summed E-state index contributed by atoms with van der Waals surface area (Å²) >= 11 is 0. The van der Waals surface area contributed by atoms with Crippen molar-refractivity contribution in [1.82, 2.24) is 4.98 Å². The molecule has 0 saturated carbocycles. The molecule has 0 bridgehead atoms. The van der Waals surface area contributed by atoms with Gasteiger partial charge in [0, 0.05) is 25.5 Å². The molecule has 0 aliphatic heterocycles. The van der Waals surface area contributed by atoms with E-state index in [1.54, 1.807) is 7.11 Å². The Morgan fingerprint density at radius 2 is 2.00 bits per heavy atom. The lowest BCUT2D eigenvalue weighted by molar-refractivity contribution is 0.129. The summed E-state index contributed by atoms with van der Waals surface area (Å²) in [6, 6.07) is 0. The minimum absolute atomic E-state index is 0.564. The lowest BCUT2D eigenvalue weighted by Crippen LogP contribution is -2.08. The van der Waals surface area contributed by atoms with E-state index < -0.39 is 0 Å². The highest BCUT2D eigenvalue weighted by atomic mass is 16.5. The van der Waals surface area contributed by atoms with Crippen LogP contribution in [0.1, 0.15) is 30.7 Å². The fourth-order valence-electron chi connectivity index (χ4n) is 1.80. The van der Waals surface area contributed by atoms with Gasteiger partial charge in [-0.25, -0.2) is 0 Å². The Bertz CT molecular complexity index is 366. The fraction of sp³-hybridized carbons (Fsp3) is 0.643. The molecule has 0 unspecified atom stereocenters. The SMILES string of the molecule is CCOCc1c(CCOC)cnc(C)c1OCC. The summed E-state index contributed by atoms with van der Waals surface area (Å²) in [5.74, 6) is 0.861. The zero-order chi connectivity index (χ0) is 13.4. The number of nitrogens with zero attached hydrogens (tertiary/aromatic N) is 1. The predicted molar refractivity (Wildman–Crippen MR) is 71.1 cm³/mol. The van der Waals surface area contributed by atoms with Gasteiger partial charge in [0.2, 0.25) is 0 Å². The molecule has 18 heavy (non-hydrogen) atoms. The molecule has 0 aliphatic carbocycles. The van der Waals surface area contributed by atoms with Crippen LogP contribution in [-0.2, 0) is 22.5 Å². The number of pyridine rings is 1. The third-order valence-corrected chi connectivity index (χ3v) is 2.72. The summed E-state index contributed by atoms with van der Waals surface area (Å²) in [5, 5.41) is 0. The van der Waals surface area contributed by atoms with E-state index in [1.807, 2.05) is 27.0 Å². The second-order valence-corrected chi connectivity index (χ2v) is 3.99. The van der Waals surface area contributed by atoms with Gasteiger partial charge in [0.1, 0.15) is 5.75 Å². The number of hydrogen-bond acceptors (Lipinski definition) is 4. The molecule has 0 aromatic carbocycles. The van der Waals surface area contributed by atoms with Gasteiger partial charge in [0.15, 0.2) is 0 Å². The molecule has 4 nitrogen and oxygen atoms in total. The first kappa shape index (κ1) is 14.9. The van der Waals surface area contributed by atoms with Gasteiger partial charge in [0.25, 0.3) is 0 Å². The molecule has 0 saturated heterocycles. The third kappa shape index (κ3) is 3.96. The fourth-order valence-corrected chi connectivity index (χ4v) is 1.80. The normalized spacial score (nSPS) is 10.7. The van der Waals surface area contributed by atoms with Crippen LogP contribution in [0.2, 0.25) is 0 Å². The number of rotatable bonds is 8. The van der Waals surface area contributed by atoms with Crippen LogP contribution in [-0.4, -0.2) is 31.9 Å². The average Bonchev–Trinajstić information content (AvgIpc) is 2.38. The zero-order valence-corrected chi connectivity index (χ0v) is 11.8. The maximum Gasteiger partial charge on any atom is 0.146 e. The Hall–Kier alpha value is -1.13. The highest BCUT2D eigenvalue weighted by molar-refractivity contribution is 5.41. The van der Waals surface area contributed by atoms with Crippen LogP contribution < -0.4 is 4.74 Å². The van der Waals surface area contributed by atoms with Crippen LogP contribution in [0.3, 0.4) is 0 Å². The molecule has 0 N–H and O–H groups in total. The van der Waals surface area contributed by atoms with E-state index in [4.69, 9.17) is 14.2 Å². The molecular weight excluding hydrogens is 230 g/mol. The van der Waals surface area contributed by atoms with Crippen molar-refractivity contribution in [3.63, 3.8) is 0 Å². The second-order valence-electron chi connectivity index (χ2n) is 3.99. The van der Waals surface area contributed by atoms with Crippen LogP contribution >= 0.6 is 0 Å². The van der Waals surface area contributed by atoms with Gasteiger partial charge in [-0.2, -0.15) is 0 Å². The van der Waals surface area contributed by atoms with E-state index in [2.05, 4.69) is 4.98 Å². The summed E-state index contributed by atoms with van der Waals surface area (Å²) in [6.07, 6.45) is 2.72. The van der Waals surface area contributed by atoms with Crippen LogP contribution in [0.5, 0.6) is 5.75 Å². The lowest BCUT2D eigenvalue weighted by Gasteiger charge is -2.16. The smallest absolute Gasteiger partial charge is 0.146 e. The summed E-state index contributed by atoms with van der Waals surface area (Å²) < 4.78 is 16.4. The Labute approximate surface area is 109 Å². The third-order valence-electron chi connectivity index (χ3n) is 2.72. The van der Waals surface area contributed by atoms with Crippen LogP contribution in [0.15, 0.2) is 6.20 Å². The maximum absolute atomic E-state index is 5.70. The Balaban J connectivity index is 3.03. The highest BCUT2D eigenvalue weighted by Gasteiger charge is 2.13. The molecule has 0 spiro atoms. The molecule has 0 atom stereocenters. The van der Waals surface area contributed by atoms with Crippen molar-refractivity contribution >= 4 is 0 Å². The van der Waals surface area contributed by atoms with Gasteiger partial charge in [0.05, 0.1) is 25.5 Å². The molecule has 1 rings (SSSR count). The summed E-state index contributed by atoms with van der Waals surface area (Å²) in [5.41, 5.74) is 3.15. The molecule has 0 fully saturated rings. The van der Waals surface area contributed by atoms with Crippen molar-refractivity contribution in [3.05, 3.63) is 23.0 Å². The Kier molecular flexibility index (Phi) is 6.68. The van der Waals surface area contributed by atoms with E-state index in [0.717, 1.165) is 29.0 Å². The number of aromatic nitrogens is 1. The number of hydrogen-bond donors (Lipinski definition) is 0. The van der Waals surface area contributed by atoms with Crippen molar-refractivity contribution in [2.45, 2.75) is 33.8 Å². The summed E-state index contributed by atoms with van der Waals surface area (Å²) in [4.78, 5) is 4.38. The maximum atomic E-state index is 5.70. The number of ether oxygens (including phenoxy) is 3. The van der Waals surface area contributed by atoms with E-state index in [9.17, 15) is 0 Å². The van der Waals surface area contributed by atoms with Crippen molar-refractivity contribution in [1.29, 1.82) is 0 Å². The minimum Gasteiger partial charge on any atom is -0.492 e. The molecule has 4 heteroatoms. The first-order valence-corrected chi connectivity index (χ1v) is 6.41. The zero-order valence-electron chi connectivity index (χ0n) is 11.8. The van der Waals surface area contributed by atoms with Gasteiger partial charge in [-0.1, -0.05) is 0 Å². The molecule has 102 valence electrons. The van der Waals surface area contributed by atoms with Gasteiger partial charge in [-0.15, -0.1) is 0 Å². The van der Waals surface area contributed by atoms with Crippen LogP contribution in [0, 0.1) is 6.92 Å². The molecular formula is C14H23NO3. The molecule has 0 radical (unpaired) electrons. The predicted octanol–water partition coefficient (Wildman–Crippen LogP) is 2.51. The Morgan fingerprint density at radius 1 is 1.22 bits per heavy atom. The summed E-state index contributed by atoms with van der Waals surface area (Å²) in [6.45, 7) is 8.49. The van der Waals surface area contributed by atoms with E-state index in [0.29, 0.717) is 26.4 Å². The molecule has 1 aromatic rings. The Morgan fingerprint density at radius 3 is 2.61 bits per heavy atom. The van der Waals surface area contributed by atoms with E-state index in [1.165, 1.54) is 0 Å². The minimum atomic E-state index is 0.564. The lowest BCUT2D eigenvalue weighted by atomic mass is 10.1. The van der Waals surface area contributed by atoms with Gasteiger partial charge in [-0.05, 0) is 32.8 Å². The van der Waals surface area contributed by atoms with Gasteiger partial charge in [-0.3, -0.25) is 4.98 Å². The van der Waals surface area contributed by atoms with Crippen molar-refractivity contribution in [2.24, 2.45) is 0 Å². The topological polar surface area (TPSA) is 40.6 Å². The van der Waals surface area contributed by atoms with E-state index >= 15 is 0 Å². The van der Waals surface area contributed by atoms with E-state index in [-0.39, 0.29) is 0 Å². The number of aryl methyl sites for hydroxylation is 1. The van der Waals surface area contributed by atoms with Crippen LogP contribution in [0.25, 0.3) is 0 Å². The summed E-state index contributed by atoms with van der Waals surface area (Å²) in [7, 11) is 1.70. The molecule has 1 aromatic heterocycles. The molecule has 0 amide bonds.